The van der Waals surface area contributed by atoms with Crippen molar-refractivity contribution in [2.75, 3.05) is 0 Å². The first-order chi connectivity index (χ1) is 6.84. The fourth-order valence-corrected chi connectivity index (χ4v) is 2.34. The Morgan fingerprint density at radius 2 is 1.87 bits per heavy atom. The van der Waals surface area contributed by atoms with E-state index in [4.69, 9.17) is 0 Å². The third-order valence-corrected chi connectivity index (χ3v) is 3.17. The summed E-state index contributed by atoms with van der Waals surface area (Å²) in [4.78, 5) is 0. The summed E-state index contributed by atoms with van der Waals surface area (Å²) in [5.74, 6) is 0. The Hall–Kier alpha value is -0.550. The van der Waals surface area contributed by atoms with E-state index in [-0.39, 0.29) is 5.56 Å². The molecule has 1 aliphatic rings. The van der Waals surface area contributed by atoms with E-state index in [0.717, 1.165) is 6.07 Å². The fourth-order valence-electron chi connectivity index (χ4n) is 1.60. The van der Waals surface area contributed by atoms with Gasteiger partial charge in [-0.15, -0.1) is 0 Å². The molecule has 82 valence electrons. The van der Waals surface area contributed by atoms with Crippen LogP contribution >= 0.6 is 15.9 Å². The van der Waals surface area contributed by atoms with Gasteiger partial charge >= 0.3 is 6.18 Å². The van der Waals surface area contributed by atoms with E-state index in [0.29, 0.717) is 17.3 Å². The average Bonchev–Trinajstić information content (AvgIpc) is 2.82. The number of hydrogen-bond acceptors (Lipinski definition) is 1. The largest absolute Gasteiger partial charge is 0.416 e. The molecule has 1 fully saturated rings. The van der Waals surface area contributed by atoms with Crippen LogP contribution < -0.4 is 0 Å². The summed E-state index contributed by atoms with van der Waals surface area (Å²) in [5.41, 5.74) is -2.07. The third-order valence-electron chi connectivity index (χ3n) is 2.51. The molecule has 0 aliphatic heterocycles. The zero-order chi connectivity index (χ0) is 11.3. The first-order valence-electron chi connectivity index (χ1n) is 4.43. The van der Waals surface area contributed by atoms with Crippen LogP contribution in [-0.2, 0) is 11.8 Å². The predicted octanol–water partition coefficient (Wildman–Crippen LogP) is 3.45. The maximum atomic E-state index is 12.7. The summed E-state index contributed by atoms with van der Waals surface area (Å²) in [6, 6.07) is 3.83. The molecule has 0 radical (unpaired) electrons. The zero-order valence-electron chi connectivity index (χ0n) is 7.61. The maximum Gasteiger partial charge on any atom is 0.416 e. The van der Waals surface area contributed by atoms with Crippen LogP contribution in [-0.4, -0.2) is 5.11 Å². The van der Waals surface area contributed by atoms with Crippen molar-refractivity contribution in [3.63, 3.8) is 0 Å². The van der Waals surface area contributed by atoms with Gasteiger partial charge in [0.05, 0.1) is 11.2 Å². The third kappa shape index (κ3) is 1.90. The number of rotatable bonds is 1. The molecular weight excluding hydrogens is 273 g/mol. The van der Waals surface area contributed by atoms with Crippen molar-refractivity contribution in [2.45, 2.75) is 24.6 Å². The summed E-state index contributed by atoms with van der Waals surface area (Å²) >= 11 is 3.06. The molecule has 0 spiro atoms. The molecule has 5 heteroatoms. The molecule has 1 N–H and O–H groups in total. The number of hydrogen-bond donors (Lipinski definition) is 1. The minimum atomic E-state index is -4.42. The van der Waals surface area contributed by atoms with Crippen LogP contribution in [0.2, 0.25) is 0 Å². The molecular formula is C10H8BrF3O. The van der Waals surface area contributed by atoms with Crippen molar-refractivity contribution in [3.05, 3.63) is 33.8 Å². The van der Waals surface area contributed by atoms with E-state index in [2.05, 4.69) is 15.9 Å². The first kappa shape index (κ1) is 11.0. The lowest BCUT2D eigenvalue weighted by Crippen LogP contribution is -2.16. The normalized spacial score (nSPS) is 19.0. The van der Waals surface area contributed by atoms with E-state index < -0.39 is 17.3 Å². The molecule has 0 unspecified atom stereocenters. The Morgan fingerprint density at radius 1 is 1.27 bits per heavy atom. The Kier molecular flexibility index (Phi) is 2.35. The van der Waals surface area contributed by atoms with Crippen LogP contribution in [0.25, 0.3) is 0 Å². The van der Waals surface area contributed by atoms with Gasteiger partial charge in [-0.2, -0.15) is 13.2 Å². The van der Waals surface area contributed by atoms with Crippen LogP contribution in [0, 0.1) is 0 Å². The highest BCUT2D eigenvalue weighted by atomic mass is 79.9. The highest BCUT2D eigenvalue weighted by Crippen LogP contribution is 2.51. The van der Waals surface area contributed by atoms with E-state index in [1.54, 1.807) is 0 Å². The summed E-state index contributed by atoms with van der Waals surface area (Å²) in [5, 5.41) is 9.80. The molecule has 1 saturated carbocycles. The van der Waals surface area contributed by atoms with Gasteiger partial charge in [-0.3, -0.25) is 0 Å². The molecule has 0 atom stereocenters. The van der Waals surface area contributed by atoms with Crippen molar-refractivity contribution in [1.29, 1.82) is 0 Å². The van der Waals surface area contributed by atoms with Gasteiger partial charge in [0.2, 0.25) is 0 Å². The molecule has 0 bridgehead atoms. The fraction of sp³-hybridized carbons (Fsp3) is 0.400. The second-order valence-corrected chi connectivity index (χ2v) is 4.55. The molecule has 15 heavy (non-hydrogen) atoms. The van der Waals surface area contributed by atoms with Crippen molar-refractivity contribution >= 4 is 15.9 Å². The number of aliphatic hydroxyl groups is 1. The Bertz CT molecular complexity index is 396. The van der Waals surface area contributed by atoms with Crippen molar-refractivity contribution in [3.8, 4) is 0 Å². The van der Waals surface area contributed by atoms with Crippen LogP contribution in [0.15, 0.2) is 22.7 Å². The Labute approximate surface area is 93.0 Å². The molecule has 0 amide bonds. The van der Waals surface area contributed by atoms with Gasteiger partial charge in [0.15, 0.2) is 0 Å². The second kappa shape index (κ2) is 3.22. The minimum absolute atomic E-state index is 0.0301. The lowest BCUT2D eigenvalue weighted by molar-refractivity contribution is -0.139. The number of benzene rings is 1. The van der Waals surface area contributed by atoms with E-state index in [1.165, 1.54) is 12.1 Å². The van der Waals surface area contributed by atoms with Crippen LogP contribution in [0.4, 0.5) is 13.2 Å². The lowest BCUT2D eigenvalue weighted by Gasteiger charge is -2.18. The summed E-state index contributed by atoms with van der Waals surface area (Å²) < 4.78 is 38.3. The summed E-state index contributed by atoms with van der Waals surface area (Å²) in [6.07, 6.45) is -3.64. The van der Waals surface area contributed by atoms with E-state index in [9.17, 15) is 18.3 Å². The Balaban J connectivity index is 2.60. The maximum absolute atomic E-state index is 12.7. The summed E-state index contributed by atoms with van der Waals surface area (Å²) in [7, 11) is 0. The Morgan fingerprint density at radius 3 is 2.33 bits per heavy atom. The SMILES string of the molecule is OC1(c2c(Br)cccc2C(F)(F)F)CC1. The molecule has 1 aliphatic carbocycles. The van der Waals surface area contributed by atoms with E-state index >= 15 is 0 Å². The quantitative estimate of drug-likeness (QED) is 0.836. The minimum Gasteiger partial charge on any atom is -0.385 e. The molecule has 0 heterocycles. The van der Waals surface area contributed by atoms with Gasteiger partial charge in [0.1, 0.15) is 0 Å². The zero-order valence-corrected chi connectivity index (χ0v) is 9.19. The second-order valence-electron chi connectivity index (χ2n) is 3.69. The smallest absolute Gasteiger partial charge is 0.385 e. The van der Waals surface area contributed by atoms with Crippen molar-refractivity contribution < 1.29 is 18.3 Å². The first-order valence-corrected chi connectivity index (χ1v) is 5.22. The van der Waals surface area contributed by atoms with Gasteiger partial charge in [0.25, 0.3) is 0 Å². The van der Waals surface area contributed by atoms with Gasteiger partial charge in [-0.05, 0) is 25.0 Å². The van der Waals surface area contributed by atoms with Crippen molar-refractivity contribution in [2.24, 2.45) is 0 Å². The molecule has 0 aromatic heterocycles. The molecule has 1 aromatic carbocycles. The molecule has 1 aromatic rings. The average molecular weight is 281 g/mol. The van der Waals surface area contributed by atoms with Gasteiger partial charge < -0.3 is 5.11 Å². The lowest BCUT2D eigenvalue weighted by atomic mass is 10.0. The predicted molar refractivity (Wildman–Crippen MR) is 52.3 cm³/mol. The molecule has 1 nitrogen and oxygen atoms in total. The van der Waals surface area contributed by atoms with Gasteiger partial charge in [-0.25, -0.2) is 0 Å². The highest BCUT2D eigenvalue weighted by Gasteiger charge is 2.49. The van der Waals surface area contributed by atoms with Crippen molar-refractivity contribution in [1.82, 2.24) is 0 Å². The summed E-state index contributed by atoms with van der Waals surface area (Å²) in [6.45, 7) is 0. The number of alkyl halides is 3. The van der Waals surface area contributed by atoms with Crippen LogP contribution in [0.5, 0.6) is 0 Å². The molecule has 2 rings (SSSR count). The monoisotopic (exact) mass is 280 g/mol. The number of halogens is 4. The van der Waals surface area contributed by atoms with Gasteiger partial charge in [-0.1, -0.05) is 22.0 Å². The topological polar surface area (TPSA) is 20.2 Å². The van der Waals surface area contributed by atoms with Crippen LogP contribution in [0.1, 0.15) is 24.0 Å². The standard InChI is InChI=1S/C10H8BrF3O/c11-7-3-1-2-6(10(12,13)14)8(7)9(15)4-5-9/h1-3,15H,4-5H2. The van der Waals surface area contributed by atoms with Gasteiger partial charge in [0, 0.05) is 10.0 Å². The van der Waals surface area contributed by atoms with E-state index in [1.807, 2.05) is 0 Å². The highest BCUT2D eigenvalue weighted by molar-refractivity contribution is 9.10. The molecule has 0 saturated heterocycles. The van der Waals surface area contributed by atoms with Crippen LogP contribution in [0.3, 0.4) is 0 Å².